The van der Waals surface area contributed by atoms with Gasteiger partial charge in [-0.05, 0) is 13.1 Å². The van der Waals surface area contributed by atoms with E-state index in [1.54, 1.807) is 0 Å². The standard InChI is InChI=1S/C11H20N4O/c1-14-4-6-15(7-5-14)3-2-10-8-11(9-16)13-12-10/h8,16H,2-7,9H2,1H3,(H,12,13). The first-order chi connectivity index (χ1) is 7.78. The van der Waals surface area contributed by atoms with Crippen molar-refractivity contribution in [3.05, 3.63) is 17.5 Å². The van der Waals surface area contributed by atoms with Crippen LogP contribution in [0.1, 0.15) is 11.4 Å². The minimum atomic E-state index is 0.0432. The zero-order valence-corrected chi connectivity index (χ0v) is 9.82. The molecule has 1 aliphatic heterocycles. The number of H-pyrrole nitrogens is 1. The number of aromatic nitrogens is 2. The Morgan fingerprint density at radius 2 is 2.12 bits per heavy atom. The summed E-state index contributed by atoms with van der Waals surface area (Å²) in [6.07, 6.45) is 0.959. The van der Waals surface area contributed by atoms with Crippen molar-refractivity contribution in [2.45, 2.75) is 13.0 Å². The zero-order valence-electron chi connectivity index (χ0n) is 9.82. The van der Waals surface area contributed by atoms with Crippen molar-refractivity contribution < 1.29 is 5.11 Å². The van der Waals surface area contributed by atoms with Gasteiger partial charge in [0.1, 0.15) is 0 Å². The van der Waals surface area contributed by atoms with E-state index < -0.39 is 0 Å². The van der Waals surface area contributed by atoms with E-state index in [2.05, 4.69) is 27.0 Å². The zero-order chi connectivity index (χ0) is 11.4. The van der Waals surface area contributed by atoms with Gasteiger partial charge in [0, 0.05) is 39.1 Å². The second-order valence-electron chi connectivity index (χ2n) is 4.44. The van der Waals surface area contributed by atoms with Crippen molar-refractivity contribution in [3.8, 4) is 0 Å². The van der Waals surface area contributed by atoms with Crippen LogP contribution in [0.3, 0.4) is 0 Å². The van der Waals surface area contributed by atoms with Crippen LogP contribution in [0.15, 0.2) is 6.07 Å². The number of nitrogens with zero attached hydrogens (tertiary/aromatic N) is 3. The number of likely N-dealkylation sites (N-methyl/N-ethyl adjacent to an activating group) is 1. The van der Waals surface area contributed by atoms with Crippen LogP contribution in [0.25, 0.3) is 0 Å². The molecule has 0 radical (unpaired) electrons. The van der Waals surface area contributed by atoms with E-state index in [4.69, 9.17) is 5.11 Å². The lowest BCUT2D eigenvalue weighted by atomic mass is 10.2. The smallest absolute Gasteiger partial charge is 0.0847 e. The molecule has 0 bridgehead atoms. The Kier molecular flexibility index (Phi) is 3.93. The highest BCUT2D eigenvalue weighted by Crippen LogP contribution is 2.04. The molecule has 2 rings (SSSR count). The average molecular weight is 224 g/mol. The van der Waals surface area contributed by atoms with Crippen LogP contribution in [0.4, 0.5) is 0 Å². The summed E-state index contributed by atoms with van der Waals surface area (Å²) in [5, 5.41) is 15.9. The van der Waals surface area contributed by atoms with Crippen LogP contribution in [0.5, 0.6) is 0 Å². The summed E-state index contributed by atoms with van der Waals surface area (Å²) < 4.78 is 0. The van der Waals surface area contributed by atoms with Crippen LogP contribution < -0.4 is 0 Å². The molecule has 0 spiro atoms. The maximum Gasteiger partial charge on any atom is 0.0847 e. The minimum absolute atomic E-state index is 0.0432. The van der Waals surface area contributed by atoms with E-state index >= 15 is 0 Å². The molecular weight excluding hydrogens is 204 g/mol. The number of hydrogen-bond donors (Lipinski definition) is 2. The van der Waals surface area contributed by atoms with Gasteiger partial charge in [-0.1, -0.05) is 0 Å². The molecule has 0 unspecified atom stereocenters. The summed E-state index contributed by atoms with van der Waals surface area (Å²) in [4.78, 5) is 4.82. The Bertz CT molecular complexity index is 318. The summed E-state index contributed by atoms with van der Waals surface area (Å²) in [6, 6.07) is 1.94. The fourth-order valence-electron chi connectivity index (χ4n) is 1.96. The predicted octanol–water partition coefficient (Wildman–Crippen LogP) is -0.308. The molecule has 2 heterocycles. The number of aliphatic hydroxyl groups excluding tert-OH is 1. The highest BCUT2D eigenvalue weighted by molar-refractivity contribution is 5.07. The summed E-state index contributed by atoms with van der Waals surface area (Å²) in [6.45, 7) is 5.71. The van der Waals surface area contributed by atoms with E-state index in [0.29, 0.717) is 0 Å². The maximum absolute atomic E-state index is 8.91. The number of piperazine rings is 1. The molecule has 0 aromatic carbocycles. The Labute approximate surface area is 96.1 Å². The van der Waals surface area contributed by atoms with Crippen molar-refractivity contribution >= 4 is 0 Å². The minimum Gasteiger partial charge on any atom is -0.390 e. The van der Waals surface area contributed by atoms with Gasteiger partial charge < -0.3 is 14.9 Å². The van der Waals surface area contributed by atoms with Crippen LogP contribution >= 0.6 is 0 Å². The van der Waals surface area contributed by atoms with E-state index in [0.717, 1.165) is 50.5 Å². The molecule has 0 aliphatic carbocycles. The van der Waals surface area contributed by atoms with E-state index in [-0.39, 0.29) is 6.61 Å². The quantitative estimate of drug-likeness (QED) is 0.737. The molecule has 1 aromatic rings. The highest BCUT2D eigenvalue weighted by atomic mass is 16.3. The highest BCUT2D eigenvalue weighted by Gasteiger charge is 2.13. The molecule has 90 valence electrons. The van der Waals surface area contributed by atoms with Gasteiger partial charge in [0.15, 0.2) is 0 Å². The molecule has 0 saturated carbocycles. The Hall–Kier alpha value is -0.910. The topological polar surface area (TPSA) is 55.4 Å². The Morgan fingerprint density at radius 3 is 2.75 bits per heavy atom. The van der Waals surface area contributed by atoms with Gasteiger partial charge in [0.2, 0.25) is 0 Å². The fourth-order valence-corrected chi connectivity index (χ4v) is 1.96. The lowest BCUT2D eigenvalue weighted by Crippen LogP contribution is -2.45. The average Bonchev–Trinajstić information content (AvgIpc) is 2.76. The van der Waals surface area contributed by atoms with Crippen LogP contribution in [-0.4, -0.2) is 64.9 Å². The Morgan fingerprint density at radius 1 is 1.38 bits per heavy atom. The SMILES string of the molecule is CN1CCN(CCc2cc(CO)[nH]n2)CC1. The molecular formula is C11H20N4O. The third-order valence-electron chi connectivity index (χ3n) is 3.13. The molecule has 1 saturated heterocycles. The van der Waals surface area contributed by atoms with Gasteiger partial charge in [0.05, 0.1) is 18.0 Å². The molecule has 0 amide bonds. The van der Waals surface area contributed by atoms with Crippen LogP contribution in [0, 0.1) is 0 Å². The number of nitrogens with one attached hydrogen (secondary N) is 1. The van der Waals surface area contributed by atoms with Crippen molar-refractivity contribution in [1.29, 1.82) is 0 Å². The Balaban J connectivity index is 1.74. The van der Waals surface area contributed by atoms with Crippen LogP contribution in [-0.2, 0) is 13.0 Å². The fraction of sp³-hybridized carbons (Fsp3) is 0.727. The number of aromatic amines is 1. The third kappa shape index (κ3) is 3.04. The van der Waals surface area contributed by atoms with Gasteiger partial charge in [0.25, 0.3) is 0 Å². The van der Waals surface area contributed by atoms with E-state index in [9.17, 15) is 0 Å². The molecule has 1 aromatic heterocycles. The lowest BCUT2D eigenvalue weighted by molar-refractivity contribution is 0.155. The third-order valence-corrected chi connectivity index (χ3v) is 3.13. The van der Waals surface area contributed by atoms with E-state index in [1.165, 1.54) is 0 Å². The molecule has 2 N–H and O–H groups in total. The van der Waals surface area contributed by atoms with Crippen molar-refractivity contribution in [3.63, 3.8) is 0 Å². The first-order valence-corrected chi connectivity index (χ1v) is 5.83. The predicted molar refractivity (Wildman–Crippen MR) is 62.2 cm³/mol. The summed E-state index contributed by atoms with van der Waals surface area (Å²) in [5.41, 5.74) is 1.84. The first kappa shape index (κ1) is 11.6. The summed E-state index contributed by atoms with van der Waals surface area (Å²) >= 11 is 0. The maximum atomic E-state index is 8.91. The molecule has 1 fully saturated rings. The number of rotatable bonds is 4. The summed E-state index contributed by atoms with van der Waals surface area (Å²) in [5.74, 6) is 0. The molecule has 1 aliphatic rings. The normalized spacial score (nSPS) is 19.1. The van der Waals surface area contributed by atoms with Crippen molar-refractivity contribution in [2.24, 2.45) is 0 Å². The monoisotopic (exact) mass is 224 g/mol. The number of aliphatic hydroxyl groups is 1. The second kappa shape index (κ2) is 5.43. The number of hydrogen-bond acceptors (Lipinski definition) is 4. The largest absolute Gasteiger partial charge is 0.390 e. The van der Waals surface area contributed by atoms with Crippen LogP contribution in [0.2, 0.25) is 0 Å². The molecule has 5 nitrogen and oxygen atoms in total. The first-order valence-electron chi connectivity index (χ1n) is 5.83. The summed E-state index contributed by atoms with van der Waals surface area (Å²) in [7, 11) is 2.17. The van der Waals surface area contributed by atoms with Crippen molar-refractivity contribution in [1.82, 2.24) is 20.0 Å². The molecule has 0 atom stereocenters. The van der Waals surface area contributed by atoms with Gasteiger partial charge in [-0.3, -0.25) is 5.10 Å². The molecule has 5 heteroatoms. The van der Waals surface area contributed by atoms with Gasteiger partial charge >= 0.3 is 0 Å². The second-order valence-corrected chi connectivity index (χ2v) is 4.44. The van der Waals surface area contributed by atoms with E-state index in [1.807, 2.05) is 6.07 Å². The van der Waals surface area contributed by atoms with Gasteiger partial charge in [-0.15, -0.1) is 0 Å². The van der Waals surface area contributed by atoms with Gasteiger partial charge in [-0.25, -0.2) is 0 Å². The van der Waals surface area contributed by atoms with Gasteiger partial charge in [-0.2, -0.15) is 5.10 Å². The molecule has 16 heavy (non-hydrogen) atoms. The van der Waals surface area contributed by atoms with Crippen molar-refractivity contribution in [2.75, 3.05) is 39.8 Å². The lowest BCUT2D eigenvalue weighted by Gasteiger charge is -2.32.